The summed E-state index contributed by atoms with van der Waals surface area (Å²) in [5.74, 6) is 1.55. The van der Waals surface area contributed by atoms with Crippen LogP contribution in [0.1, 0.15) is 90.4 Å². The van der Waals surface area contributed by atoms with E-state index in [2.05, 4.69) is 11.9 Å². The minimum absolute atomic E-state index is 0.600. The second-order valence-corrected chi connectivity index (χ2v) is 6.12. The van der Waals surface area contributed by atoms with Gasteiger partial charge in [0, 0.05) is 12.5 Å². The first-order valence-electron chi connectivity index (χ1n) is 8.64. The van der Waals surface area contributed by atoms with Gasteiger partial charge in [-0.05, 0) is 19.3 Å². The third-order valence-electron chi connectivity index (χ3n) is 4.33. The maximum absolute atomic E-state index is 6.09. The molecule has 0 atom stereocenters. The number of amidine groups is 1. The van der Waals surface area contributed by atoms with Crippen LogP contribution in [0.3, 0.4) is 0 Å². The molecule has 0 heterocycles. The number of aliphatic imine (C=N–C) groups is 1. The van der Waals surface area contributed by atoms with E-state index in [1.54, 1.807) is 0 Å². The van der Waals surface area contributed by atoms with E-state index >= 15 is 0 Å². The Morgan fingerprint density at radius 2 is 1.47 bits per heavy atom. The van der Waals surface area contributed by atoms with Gasteiger partial charge in [0.25, 0.3) is 0 Å². The van der Waals surface area contributed by atoms with Crippen LogP contribution in [0.15, 0.2) is 4.99 Å². The Morgan fingerprint density at radius 1 is 0.895 bits per heavy atom. The van der Waals surface area contributed by atoms with Crippen LogP contribution in [-0.4, -0.2) is 12.4 Å². The standard InChI is InChI=1S/C17H34N2/c1-2-3-4-5-6-7-8-12-15-19-17(18)16-13-10-9-11-14-16/h16H,2-15H2,1H3,(H2,18,19). The van der Waals surface area contributed by atoms with Gasteiger partial charge in [-0.15, -0.1) is 0 Å². The molecule has 0 saturated heterocycles. The van der Waals surface area contributed by atoms with Crippen molar-refractivity contribution in [3.05, 3.63) is 0 Å². The summed E-state index contributed by atoms with van der Waals surface area (Å²) in [6, 6.07) is 0. The molecule has 0 aromatic rings. The summed E-state index contributed by atoms with van der Waals surface area (Å²) in [4.78, 5) is 4.59. The van der Waals surface area contributed by atoms with E-state index in [1.807, 2.05) is 0 Å². The summed E-state index contributed by atoms with van der Waals surface area (Å²) < 4.78 is 0. The largest absolute Gasteiger partial charge is 0.387 e. The monoisotopic (exact) mass is 266 g/mol. The molecule has 0 bridgehead atoms. The molecule has 1 fully saturated rings. The Balaban J connectivity index is 1.94. The van der Waals surface area contributed by atoms with Crippen molar-refractivity contribution in [3.8, 4) is 0 Å². The van der Waals surface area contributed by atoms with Gasteiger partial charge in [-0.1, -0.05) is 71.1 Å². The van der Waals surface area contributed by atoms with E-state index in [4.69, 9.17) is 5.73 Å². The Morgan fingerprint density at radius 3 is 2.11 bits per heavy atom. The SMILES string of the molecule is CCCCCCCCCCN=C(N)C1CCCCC1. The number of nitrogens with two attached hydrogens (primary N) is 1. The molecule has 19 heavy (non-hydrogen) atoms. The van der Waals surface area contributed by atoms with E-state index in [1.165, 1.54) is 83.5 Å². The minimum atomic E-state index is 0.600. The first-order chi connectivity index (χ1) is 9.34. The van der Waals surface area contributed by atoms with E-state index < -0.39 is 0 Å². The van der Waals surface area contributed by atoms with Crippen molar-refractivity contribution in [2.24, 2.45) is 16.6 Å². The van der Waals surface area contributed by atoms with Crippen LogP contribution in [0.4, 0.5) is 0 Å². The molecule has 2 N–H and O–H groups in total. The van der Waals surface area contributed by atoms with Crippen LogP contribution in [-0.2, 0) is 0 Å². The molecular formula is C17H34N2. The third kappa shape index (κ3) is 8.28. The van der Waals surface area contributed by atoms with E-state index in [0.717, 1.165) is 12.4 Å². The molecule has 112 valence electrons. The number of unbranched alkanes of at least 4 members (excludes halogenated alkanes) is 7. The highest BCUT2D eigenvalue weighted by molar-refractivity contribution is 5.82. The van der Waals surface area contributed by atoms with Crippen LogP contribution < -0.4 is 5.73 Å². The lowest BCUT2D eigenvalue weighted by Gasteiger charge is -2.20. The van der Waals surface area contributed by atoms with Gasteiger partial charge in [0.2, 0.25) is 0 Å². The van der Waals surface area contributed by atoms with Crippen LogP contribution in [0.25, 0.3) is 0 Å². The molecule has 2 heteroatoms. The van der Waals surface area contributed by atoms with Crippen LogP contribution in [0.5, 0.6) is 0 Å². The number of hydrogen-bond acceptors (Lipinski definition) is 1. The molecule has 1 aliphatic rings. The van der Waals surface area contributed by atoms with Gasteiger partial charge in [-0.3, -0.25) is 4.99 Å². The average Bonchev–Trinajstić information content (AvgIpc) is 2.46. The smallest absolute Gasteiger partial charge is 0.0968 e. The molecule has 0 unspecified atom stereocenters. The summed E-state index contributed by atoms with van der Waals surface area (Å²) in [5, 5.41) is 0. The van der Waals surface area contributed by atoms with Crippen molar-refractivity contribution in [3.63, 3.8) is 0 Å². The summed E-state index contributed by atoms with van der Waals surface area (Å²) in [6.07, 6.45) is 17.5. The van der Waals surface area contributed by atoms with Gasteiger partial charge in [0.05, 0.1) is 5.84 Å². The fourth-order valence-corrected chi connectivity index (χ4v) is 2.98. The first-order valence-corrected chi connectivity index (χ1v) is 8.64. The summed E-state index contributed by atoms with van der Waals surface area (Å²) in [6.45, 7) is 3.23. The zero-order valence-corrected chi connectivity index (χ0v) is 13.0. The summed E-state index contributed by atoms with van der Waals surface area (Å²) in [7, 11) is 0. The molecule has 2 nitrogen and oxygen atoms in total. The molecule has 0 spiro atoms. The number of rotatable bonds is 10. The van der Waals surface area contributed by atoms with E-state index in [-0.39, 0.29) is 0 Å². The fraction of sp³-hybridized carbons (Fsp3) is 0.941. The molecule has 0 amide bonds. The van der Waals surface area contributed by atoms with Crippen molar-refractivity contribution in [1.82, 2.24) is 0 Å². The Bertz CT molecular complexity index is 229. The number of hydrogen-bond donors (Lipinski definition) is 1. The van der Waals surface area contributed by atoms with Crippen LogP contribution in [0, 0.1) is 5.92 Å². The molecule has 0 aromatic heterocycles. The molecule has 0 aromatic carbocycles. The van der Waals surface area contributed by atoms with Gasteiger partial charge >= 0.3 is 0 Å². The van der Waals surface area contributed by atoms with Crippen molar-refractivity contribution in [1.29, 1.82) is 0 Å². The van der Waals surface area contributed by atoms with Gasteiger partial charge < -0.3 is 5.73 Å². The van der Waals surface area contributed by atoms with Crippen molar-refractivity contribution in [2.75, 3.05) is 6.54 Å². The van der Waals surface area contributed by atoms with Crippen molar-refractivity contribution in [2.45, 2.75) is 90.4 Å². The summed E-state index contributed by atoms with van der Waals surface area (Å²) >= 11 is 0. The molecule has 1 aliphatic carbocycles. The maximum Gasteiger partial charge on any atom is 0.0968 e. The molecule has 1 rings (SSSR count). The highest BCUT2D eigenvalue weighted by atomic mass is 14.9. The van der Waals surface area contributed by atoms with E-state index in [9.17, 15) is 0 Å². The van der Waals surface area contributed by atoms with Crippen LogP contribution in [0.2, 0.25) is 0 Å². The zero-order chi connectivity index (χ0) is 13.8. The van der Waals surface area contributed by atoms with Crippen molar-refractivity contribution >= 4 is 5.84 Å². The van der Waals surface area contributed by atoms with Crippen LogP contribution >= 0.6 is 0 Å². The molecule has 0 radical (unpaired) electrons. The quantitative estimate of drug-likeness (QED) is 0.335. The number of nitrogens with zero attached hydrogens (tertiary/aromatic N) is 1. The Hall–Kier alpha value is -0.530. The topological polar surface area (TPSA) is 38.4 Å². The zero-order valence-electron chi connectivity index (χ0n) is 13.0. The predicted molar refractivity (Wildman–Crippen MR) is 85.7 cm³/mol. The van der Waals surface area contributed by atoms with E-state index in [0.29, 0.717) is 5.92 Å². The lowest BCUT2D eigenvalue weighted by atomic mass is 9.88. The molecule has 0 aliphatic heterocycles. The lowest BCUT2D eigenvalue weighted by Crippen LogP contribution is -2.26. The molecular weight excluding hydrogens is 232 g/mol. The fourth-order valence-electron chi connectivity index (χ4n) is 2.98. The third-order valence-corrected chi connectivity index (χ3v) is 4.33. The Kier molecular flexibility index (Phi) is 9.84. The lowest BCUT2D eigenvalue weighted by molar-refractivity contribution is 0.436. The maximum atomic E-state index is 6.09. The average molecular weight is 266 g/mol. The highest BCUT2D eigenvalue weighted by Gasteiger charge is 2.16. The van der Waals surface area contributed by atoms with Crippen molar-refractivity contribution < 1.29 is 0 Å². The molecule has 1 saturated carbocycles. The Labute approximate surface area is 120 Å². The van der Waals surface area contributed by atoms with Gasteiger partial charge in [-0.25, -0.2) is 0 Å². The minimum Gasteiger partial charge on any atom is -0.387 e. The normalized spacial score (nSPS) is 17.8. The summed E-state index contributed by atoms with van der Waals surface area (Å²) in [5.41, 5.74) is 6.09. The second-order valence-electron chi connectivity index (χ2n) is 6.12. The van der Waals surface area contributed by atoms with Gasteiger partial charge in [0.15, 0.2) is 0 Å². The van der Waals surface area contributed by atoms with Gasteiger partial charge in [-0.2, -0.15) is 0 Å². The predicted octanol–water partition coefficient (Wildman–Crippen LogP) is 5.06. The first kappa shape index (κ1) is 16.5. The van der Waals surface area contributed by atoms with Gasteiger partial charge in [0.1, 0.15) is 0 Å². The highest BCUT2D eigenvalue weighted by Crippen LogP contribution is 2.23. The second kappa shape index (κ2) is 11.3.